The van der Waals surface area contributed by atoms with E-state index in [-0.39, 0.29) is 5.82 Å². The van der Waals surface area contributed by atoms with Gasteiger partial charge >= 0.3 is 0 Å². The van der Waals surface area contributed by atoms with Crippen molar-refractivity contribution in [1.82, 2.24) is 0 Å². The van der Waals surface area contributed by atoms with Crippen LogP contribution in [0, 0.1) is 5.82 Å². The zero-order chi connectivity index (χ0) is 15.1. The minimum Gasteiger partial charge on any atom is -0.206 e. The second-order valence-corrected chi connectivity index (χ2v) is 5.72. The average Bonchev–Trinajstić information content (AvgIpc) is 2.49. The summed E-state index contributed by atoms with van der Waals surface area (Å²) >= 11 is 0. The van der Waals surface area contributed by atoms with Gasteiger partial charge in [-0.15, -0.1) is 0 Å². The van der Waals surface area contributed by atoms with E-state index in [1.54, 1.807) is 6.07 Å². The molecule has 0 aromatic heterocycles. The Morgan fingerprint density at radius 3 is 2.10 bits per heavy atom. The molecule has 112 valence electrons. The van der Waals surface area contributed by atoms with Gasteiger partial charge in [0.1, 0.15) is 5.82 Å². The standard InChI is InChI=1S/C20H25F/c1-3-5-6-8-17-11-14-19(20(21)15-17)18-12-9-16(7-4-2)10-13-18/h9-15H,3-8H2,1-2H3. The molecule has 0 saturated heterocycles. The molecule has 0 aliphatic carbocycles. The summed E-state index contributed by atoms with van der Waals surface area (Å²) in [4.78, 5) is 0. The molecular weight excluding hydrogens is 259 g/mol. The molecule has 2 aromatic carbocycles. The van der Waals surface area contributed by atoms with Crippen molar-refractivity contribution >= 4 is 0 Å². The predicted molar refractivity (Wildman–Crippen MR) is 89.1 cm³/mol. The van der Waals surface area contributed by atoms with Crippen LogP contribution in [0.4, 0.5) is 4.39 Å². The molecule has 0 heterocycles. The van der Waals surface area contributed by atoms with Crippen LogP contribution in [0.2, 0.25) is 0 Å². The topological polar surface area (TPSA) is 0 Å². The number of hydrogen-bond acceptors (Lipinski definition) is 0. The Hall–Kier alpha value is -1.63. The Kier molecular flexibility index (Phi) is 5.98. The van der Waals surface area contributed by atoms with Gasteiger partial charge < -0.3 is 0 Å². The van der Waals surface area contributed by atoms with Gasteiger partial charge in [-0.25, -0.2) is 4.39 Å². The molecule has 0 atom stereocenters. The third kappa shape index (κ3) is 4.42. The molecule has 0 saturated carbocycles. The molecule has 0 radical (unpaired) electrons. The molecule has 0 aliphatic heterocycles. The lowest BCUT2D eigenvalue weighted by Gasteiger charge is -2.08. The lowest BCUT2D eigenvalue weighted by Crippen LogP contribution is -1.91. The summed E-state index contributed by atoms with van der Waals surface area (Å²) in [7, 11) is 0. The minimum atomic E-state index is -0.104. The molecule has 0 nitrogen and oxygen atoms in total. The molecule has 1 heteroatoms. The zero-order valence-corrected chi connectivity index (χ0v) is 13.2. The molecule has 0 amide bonds. The highest BCUT2D eigenvalue weighted by atomic mass is 19.1. The number of halogens is 1. The molecule has 0 unspecified atom stereocenters. The Balaban J connectivity index is 2.12. The summed E-state index contributed by atoms with van der Waals surface area (Å²) in [5.74, 6) is -0.104. The average molecular weight is 284 g/mol. The first-order valence-corrected chi connectivity index (χ1v) is 8.12. The van der Waals surface area contributed by atoms with Crippen molar-refractivity contribution in [2.24, 2.45) is 0 Å². The van der Waals surface area contributed by atoms with E-state index in [0.717, 1.165) is 36.8 Å². The number of aryl methyl sites for hydroxylation is 2. The van der Waals surface area contributed by atoms with Crippen molar-refractivity contribution < 1.29 is 4.39 Å². The van der Waals surface area contributed by atoms with E-state index in [1.807, 2.05) is 18.2 Å². The molecule has 0 bridgehead atoms. The molecule has 21 heavy (non-hydrogen) atoms. The van der Waals surface area contributed by atoms with E-state index in [2.05, 4.69) is 32.0 Å². The first-order chi connectivity index (χ1) is 10.2. The van der Waals surface area contributed by atoms with Crippen LogP contribution in [0.5, 0.6) is 0 Å². The summed E-state index contributed by atoms with van der Waals surface area (Å²) in [6, 6.07) is 14.0. The van der Waals surface area contributed by atoms with Crippen LogP contribution in [0.1, 0.15) is 50.7 Å². The van der Waals surface area contributed by atoms with Crippen molar-refractivity contribution in [3.05, 3.63) is 59.4 Å². The normalized spacial score (nSPS) is 10.8. The number of unbranched alkanes of at least 4 members (excludes halogenated alkanes) is 2. The Bertz CT molecular complexity index is 555. The van der Waals surface area contributed by atoms with Gasteiger partial charge in [0, 0.05) is 5.56 Å². The maximum Gasteiger partial charge on any atom is 0.131 e. The summed E-state index contributed by atoms with van der Waals surface area (Å²) in [6.07, 6.45) is 6.74. The van der Waals surface area contributed by atoms with Crippen molar-refractivity contribution in [3.63, 3.8) is 0 Å². The fourth-order valence-electron chi connectivity index (χ4n) is 2.67. The maximum absolute atomic E-state index is 14.3. The van der Waals surface area contributed by atoms with Gasteiger partial charge in [0.05, 0.1) is 0 Å². The summed E-state index contributed by atoms with van der Waals surface area (Å²) in [5, 5.41) is 0. The lowest BCUT2D eigenvalue weighted by molar-refractivity contribution is 0.626. The van der Waals surface area contributed by atoms with Gasteiger partial charge in [-0.1, -0.05) is 69.5 Å². The molecular formula is C20H25F. The first kappa shape index (κ1) is 15.8. The smallest absolute Gasteiger partial charge is 0.131 e. The van der Waals surface area contributed by atoms with E-state index in [0.29, 0.717) is 5.56 Å². The van der Waals surface area contributed by atoms with Crippen LogP contribution in [0.3, 0.4) is 0 Å². The fourth-order valence-corrected chi connectivity index (χ4v) is 2.67. The highest BCUT2D eigenvalue weighted by Gasteiger charge is 2.06. The van der Waals surface area contributed by atoms with Crippen molar-refractivity contribution in [1.29, 1.82) is 0 Å². The molecule has 0 N–H and O–H groups in total. The van der Waals surface area contributed by atoms with Crippen LogP contribution < -0.4 is 0 Å². The Labute approximate surface area is 128 Å². The third-order valence-corrected chi connectivity index (χ3v) is 3.91. The summed E-state index contributed by atoms with van der Waals surface area (Å²) in [5.41, 5.74) is 4.09. The van der Waals surface area contributed by atoms with E-state index in [4.69, 9.17) is 0 Å². The van der Waals surface area contributed by atoms with Gasteiger partial charge in [0.25, 0.3) is 0 Å². The molecule has 0 spiro atoms. The zero-order valence-electron chi connectivity index (χ0n) is 13.2. The van der Waals surface area contributed by atoms with Crippen molar-refractivity contribution in [3.8, 4) is 11.1 Å². The summed E-state index contributed by atoms with van der Waals surface area (Å²) in [6.45, 7) is 4.36. The monoisotopic (exact) mass is 284 g/mol. The van der Waals surface area contributed by atoms with E-state index in [1.165, 1.54) is 18.4 Å². The minimum absolute atomic E-state index is 0.104. The van der Waals surface area contributed by atoms with E-state index in [9.17, 15) is 4.39 Å². The highest BCUT2D eigenvalue weighted by Crippen LogP contribution is 2.25. The van der Waals surface area contributed by atoms with Crippen LogP contribution in [-0.2, 0) is 12.8 Å². The number of benzene rings is 2. The predicted octanol–water partition coefficient (Wildman–Crippen LogP) is 6.18. The molecule has 2 rings (SSSR count). The largest absolute Gasteiger partial charge is 0.206 e. The van der Waals surface area contributed by atoms with Crippen LogP contribution >= 0.6 is 0 Å². The van der Waals surface area contributed by atoms with Gasteiger partial charge in [-0.05, 0) is 42.0 Å². The van der Waals surface area contributed by atoms with Crippen molar-refractivity contribution in [2.75, 3.05) is 0 Å². The van der Waals surface area contributed by atoms with Gasteiger partial charge in [0.15, 0.2) is 0 Å². The maximum atomic E-state index is 14.3. The Morgan fingerprint density at radius 1 is 0.762 bits per heavy atom. The van der Waals surface area contributed by atoms with Crippen molar-refractivity contribution in [2.45, 2.75) is 52.4 Å². The van der Waals surface area contributed by atoms with Crippen LogP contribution in [-0.4, -0.2) is 0 Å². The van der Waals surface area contributed by atoms with Gasteiger partial charge in [-0.2, -0.15) is 0 Å². The second-order valence-electron chi connectivity index (χ2n) is 5.72. The third-order valence-electron chi connectivity index (χ3n) is 3.91. The van der Waals surface area contributed by atoms with Gasteiger partial charge in [-0.3, -0.25) is 0 Å². The van der Waals surface area contributed by atoms with E-state index >= 15 is 0 Å². The van der Waals surface area contributed by atoms with Gasteiger partial charge in [0.2, 0.25) is 0 Å². The quantitative estimate of drug-likeness (QED) is 0.533. The van der Waals surface area contributed by atoms with E-state index < -0.39 is 0 Å². The molecule has 2 aromatic rings. The van der Waals surface area contributed by atoms with Crippen LogP contribution in [0.15, 0.2) is 42.5 Å². The fraction of sp³-hybridized carbons (Fsp3) is 0.400. The SMILES string of the molecule is CCCCCc1ccc(-c2ccc(CCC)cc2)c(F)c1. The second kappa shape index (κ2) is 7.97. The molecule has 0 fully saturated rings. The Morgan fingerprint density at radius 2 is 1.48 bits per heavy atom. The molecule has 0 aliphatic rings. The number of hydrogen-bond donors (Lipinski definition) is 0. The summed E-state index contributed by atoms with van der Waals surface area (Å²) < 4.78 is 14.3. The highest BCUT2D eigenvalue weighted by molar-refractivity contribution is 5.64. The lowest BCUT2D eigenvalue weighted by atomic mass is 9.99. The number of rotatable bonds is 7. The van der Waals surface area contributed by atoms with Crippen LogP contribution in [0.25, 0.3) is 11.1 Å². The first-order valence-electron chi connectivity index (χ1n) is 8.12.